The zero-order valence-corrected chi connectivity index (χ0v) is 20.0. The first-order valence-corrected chi connectivity index (χ1v) is 12.2. The first-order chi connectivity index (χ1) is 16.8. The highest BCUT2D eigenvalue weighted by molar-refractivity contribution is 6.39. The Kier molecular flexibility index (Phi) is 4.90. The molecule has 2 unspecified atom stereocenters. The highest BCUT2D eigenvalue weighted by Gasteiger charge is 2.58. The van der Waals surface area contributed by atoms with Gasteiger partial charge < -0.3 is 25.6 Å². The van der Waals surface area contributed by atoms with Crippen LogP contribution in [-0.2, 0) is 37.7 Å². The number of nitrogens with one attached hydrogen (secondary N) is 1. The number of ether oxygens (including phenoxy) is 1. The fraction of sp³-hybridized carbons (Fsp3) is 0.462. The predicted molar refractivity (Wildman–Crippen MR) is 129 cm³/mol. The molecule has 4 aliphatic rings. The number of benzene rings is 1. The second-order valence-corrected chi connectivity index (χ2v) is 10.3. The number of amides is 3. The third-order valence-electron chi connectivity index (χ3n) is 8.09. The van der Waals surface area contributed by atoms with Crippen molar-refractivity contribution in [1.82, 2.24) is 9.88 Å². The molecule has 4 heterocycles. The van der Waals surface area contributed by atoms with Crippen LogP contribution in [0.2, 0.25) is 0 Å². The molecule has 2 fully saturated rings. The Bertz CT molecular complexity index is 1270. The van der Waals surface area contributed by atoms with Gasteiger partial charge in [0.1, 0.15) is 5.82 Å². The van der Waals surface area contributed by atoms with Crippen molar-refractivity contribution in [3.05, 3.63) is 46.6 Å². The van der Waals surface area contributed by atoms with Crippen molar-refractivity contribution in [2.75, 3.05) is 29.5 Å². The van der Waals surface area contributed by atoms with Crippen LogP contribution in [0, 0.1) is 5.92 Å². The van der Waals surface area contributed by atoms with Gasteiger partial charge in [0, 0.05) is 30.4 Å². The van der Waals surface area contributed by atoms with E-state index >= 15 is 0 Å². The third-order valence-corrected chi connectivity index (χ3v) is 8.09. The number of likely N-dealkylation sites (N-methyl/N-ethyl adjacent to an activating group) is 1. The average molecular weight is 476 g/mol. The van der Waals surface area contributed by atoms with E-state index < -0.39 is 17.2 Å². The molecule has 1 aromatic carbocycles. The number of nitrogens with zero attached hydrogens (tertiary/aromatic N) is 3. The summed E-state index contributed by atoms with van der Waals surface area (Å²) in [5.41, 5.74) is 10.5. The van der Waals surface area contributed by atoms with E-state index in [1.807, 2.05) is 19.2 Å². The van der Waals surface area contributed by atoms with E-state index in [9.17, 15) is 14.4 Å². The number of carbonyl (C=O) groups is 3. The van der Waals surface area contributed by atoms with E-state index in [1.165, 1.54) is 6.20 Å². The number of hydrogen-bond donors (Lipinski definition) is 2. The fourth-order valence-corrected chi connectivity index (χ4v) is 5.92. The molecule has 3 N–H and O–H groups in total. The summed E-state index contributed by atoms with van der Waals surface area (Å²) in [5.74, 6) is -0.445. The van der Waals surface area contributed by atoms with Crippen molar-refractivity contribution >= 4 is 34.9 Å². The summed E-state index contributed by atoms with van der Waals surface area (Å²) in [6.45, 7) is 3.26. The fourth-order valence-electron chi connectivity index (χ4n) is 5.92. The Hall–Kier alpha value is -3.46. The Morgan fingerprint density at radius 2 is 1.97 bits per heavy atom. The van der Waals surface area contributed by atoms with Crippen LogP contribution in [0.4, 0.5) is 17.2 Å². The van der Waals surface area contributed by atoms with Gasteiger partial charge in [-0.2, -0.15) is 0 Å². The Balaban J connectivity index is 1.28. The van der Waals surface area contributed by atoms with E-state index in [2.05, 4.69) is 23.3 Å². The van der Waals surface area contributed by atoms with Gasteiger partial charge >= 0.3 is 11.8 Å². The number of nitrogen functional groups attached to an aromatic ring is 1. The number of aromatic nitrogens is 1. The van der Waals surface area contributed by atoms with Gasteiger partial charge in [-0.05, 0) is 48.8 Å². The lowest BCUT2D eigenvalue weighted by molar-refractivity contribution is -0.146. The molecule has 1 spiro atoms. The van der Waals surface area contributed by atoms with E-state index in [0.717, 1.165) is 53.6 Å². The van der Waals surface area contributed by atoms with Crippen LogP contribution in [-0.4, -0.2) is 41.2 Å². The smallest absolute Gasteiger partial charge is 0.313 e. The molecule has 0 radical (unpaired) electrons. The summed E-state index contributed by atoms with van der Waals surface area (Å²) in [6, 6.07) is 5.86. The number of carbonyl (C=O) groups excluding carboxylic acids is 3. The largest absolute Gasteiger partial charge is 0.383 e. The normalized spacial score (nSPS) is 23.9. The maximum absolute atomic E-state index is 13.5. The Morgan fingerprint density at radius 3 is 2.74 bits per heavy atom. The summed E-state index contributed by atoms with van der Waals surface area (Å²) in [6.07, 6.45) is 4.94. The number of anilines is 3. The van der Waals surface area contributed by atoms with Crippen LogP contribution in [0.5, 0.6) is 0 Å². The monoisotopic (exact) mass is 475 g/mol. The van der Waals surface area contributed by atoms with Crippen LogP contribution in [0.25, 0.3) is 0 Å². The number of piperidine rings is 1. The van der Waals surface area contributed by atoms with Crippen LogP contribution in [0.3, 0.4) is 0 Å². The standard InChI is InChI=1S/C26H29N5O4/c1-14-3-5-20(15-4-6-21-18(9-15)26(7-8-26)25(34)30(21)2)31(11-14)24(33)23(32)29-19-10-28-22(27)17-13-35-12-16(17)19/h4,6,9-10,14,20H,3,5,7-8,11-13H2,1-2H3,(H2,27,28)(H,29,32). The van der Waals surface area contributed by atoms with Gasteiger partial charge in [0.15, 0.2) is 0 Å². The number of rotatable bonds is 2. The highest BCUT2D eigenvalue weighted by Crippen LogP contribution is 2.57. The molecule has 9 nitrogen and oxygen atoms in total. The molecule has 182 valence electrons. The second kappa shape index (κ2) is 7.78. The molecule has 9 heteroatoms. The minimum atomic E-state index is -0.695. The Morgan fingerprint density at radius 1 is 1.20 bits per heavy atom. The number of nitrogens with two attached hydrogens (primary N) is 1. The molecule has 35 heavy (non-hydrogen) atoms. The molecule has 1 saturated carbocycles. The number of pyridine rings is 1. The molecule has 6 rings (SSSR count). The van der Waals surface area contributed by atoms with Gasteiger partial charge in [0.25, 0.3) is 0 Å². The van der Waals surface area contributed by atoms with Crippen LogP contribution in [0.15, 0.2) is 24.4 Å². The molecular weight excluding hydrogens is 446 g/mol. The summed E-state index contributed by atoms with van der Waals surface area (Å²) in [4.78, 5) is 46.9. The SMILES string of the molecule is CC1CCC(c2ccc3c(c2)C2(CC2)C(=O)N3C)N(C(=O)C(=O)Nc2cnc(N)c3c2COC3)C1. The summed E-state index contributed by atoms with van der Waals surface area (Å²) < 4.78 is 5.46. The molecular formula is C26H29N5O4. The zero-order chi connectivity index (χ0) is 24.5. The van der Waals surface area contributed by atoms with Crippen molar-refractivity contribution < 1.29 is 19.1 Å². The van der Waals surface area contributed by atoms with Crippen molar-refractivity contribution in [2.24, 2.45) is 5.92 Å². The maximum Gasteiger partial charge on any atom is 0.313 e. The zero-order valence-electron chi connectivity index (χ0n) is 20.0. The summed E-state index contributed by atoms with van der Waals surface area (Å²) in [7, 11) is 1.82. The molecule has 2 aromatic rings. The van der Waals surface area contributed by atoms with Gasteiger partial charge in [-0.1, -0.05) is 19.1 Å². The van der Waals surface area contributed by atoms with Gasteiger partial charge in [-0.15, -0.1) is 0 Å². The molecule has 2 atom stereocenters. The first-order valence-electron chi connectivity index (χ1n) is 12.2. The van der Waals surface area contributed by atoms with E-state index in [1.54, 1.807) is 9.80 Å². The minimum absolute atomic E-state index is 0.155. The van der Waals surface area contributed by atoms with Gasteiger partial charge in [-0.25, -0.2) is 4.98 Å². The molecule has 3 amide bonds. The molecule has 1 aromatic heterocycles. The third kappa shape index (κ3) is 3.32. The van der Waals surface area contributed by atoms with Gasteiger partial charge in [0.05, 0.1) is 36.6 Å². The predicted octanol–water partition coefficient (Wildman–Crippen LogP) is 2.64. The first kappa shape index (κ1) is 22.0. The van der Waals surface area contributed by atoms with E-state index in [-0.39, 0.29) is 17.9 Å². The molecule has 3 aliphatic heterocycles. The van der Waals surface area contributed by atoms with E-state index in [4.69, 9.17) is 10.5 Å². The Labute approximate surface area is 203 Å². The molecule has 0 bridgehead atoms. The summed E-state index contributed by atoms with van der Waals surface area (Å²) >= 11 is 0. The van der Waals surface area contributed by atoms with Crippen molar-refractivity contribution in [2.45, 2.75) is 57.3 Å². The van der Waals surface area contributed by atoms with Gasteiger partial charge in [0.2, 0.25) is 5.91 Å². The topological polar surface area (TPSA) is 118 Å². The van der Waals surface area contributed by atoms with Crippen molar-refractivity contribution in [3.8, 4) is 0 Å². The van der Waals surface area contributed by atoms with Crippen LogP contribution in [0.1, 0.15) is 60.9 Å². The number of fused-ring (bicyclic) bond motifs is 3. The molecule has 1 saturated heterocycles. The second-order valence-electron chi connectivity index (χ2n) is 10.3. The summed E-state index contributed by atoms with van der Waals surface area (Å²) in [5, 5.41) is 2.75. The minimum Gasteiger partial charge on any atom is -0.383 e. The lowest BCUT2D eigenvalue weighted by Crippen LogP contribution is -2.46. The lowest BCUT2D eigenvalue weighted by atomic mass is 9.87. The quantitative estimate of drug-likeness (QED) is 0.645. The molecule has 1 aliphatic carbocycles. The average Bonchev–Trinajstić information content (AvgIpc) is 3.46. The van der Waals surface area contributed by atoms with Crippen molar-refractivity contribution in [3.63, 3.8) is 0 Å². The lowest BCUT2D eigenvalue weighted by Gasteiger charge is -2.38. The highest BCUT2D eigenvalue weighted by atomic mass is 16.5. The van der Waals surface area contributed by atoms with Crippen LogP contribution < -0.4 is 16.0 Å². The van der Waals surface area contributed by atoms with Crippen molar-refractivity contribution in [1.29, 1.82) is 0 Å². The number of hydrogen-bond acceptors (Lipinski definition) is 6. The van der Waals surface area contributed by atoms with Gasteiger partial charge in [-0.3, -0.25) is 14.4 Å². The number of likely N-dealkylation sites (tertiary alicyclic amines) is 1. The van der Waals surface area contributed by atoms with E-state index in [0.29, 0.717) is 31.3 Å². The maximum atomic E-state index is 13.5. The van der Waals surface area contributed by atoms with Crippen LogP contribution >= 0.6 is 0 Å².